The molecule has 3 atom stereocenters. The van der Waals surface area contributed by atoms with Gasteiger partial charge in [-0.05, 0) is 48.9 Å². The number of hydrogen-bond donors (Lipinski definition) is 3. The monoisotopic (exact) mass is 514 g/mol. The van der Waals surface area contributed by atoms with Crippen molar-refractivity contribution in [2.45, 2.75) is 37.1 Å². The van der Waals surface area contributed by atoms with Crippen molar-refractivity contribution in [1.29, 1.82) is 0 Å². The van der Waals surface area contributed by atoms with E-state index in [1.165, 1.54) is 0 Å². The lowest BCUT2D eigenvalue weighted by Gasteiger charge is -2.19. The number of halogens is 4. The van der Waals surface area contributed by atoms with Gasteiger partial charge in [0.25, 0.3) is 0 Å². The van der Waals surface area contributed by atoms with Gasteiger partial charge in [-0.15, -0.1) is 0 Å². The minimum absolute atomic E-state index is 0.0994. The fourth-order valence-corrected chi connectivity index (χ4v) is 4.70. The van der Waals surface area contributed by atoms with E-state index < -0.39 is 23.6 Å². The number of nitrogens with one attached hydrogen (secondary N) is 3. The SMILES string of the molecule is O=C1CCc2c(Oc3ccc4c(c3)[C@H]3[C@H](NC(=O)Nc5ccc(C(F)(F)F)c(F)c5)[C@H]3O4)ccnc2N1. The summed E-state index contributed by atoms with van der Waals surface area (Å²) in [4.78, 5) is 28.2. The number of carbonyl (C=O) groups excluding carboxylic acids is 2. The fourth-order valence-electron chi connectivity index (χ4n) is 4.70. The predicted molar refractivity (Wildman–Crippen MR) is 122 cm³/mol. The summed E-state index contributed by atoms with van der Waals surface area (Å²) in [5.74, 6) is 0.546. The number of nitrogens with zero attached hydrogens (tertiary/aromatic N) is 1. The van der Waals surface area contributed by atoms with Crippen LogP contribution in [-0.2, 0) is 17.4 Å². The highest BCUT2D eigenvalue weighted by Crippen LogP contribution is 2.54. The number of rotatable bonds is 4. The standard InChI is InChI=1S/C25H18F4N4O4/c26-16-9-11(1-4-15(16)25(27,28)29)31-24(35)33-21-20-14-10-12(2-5-17(14)37-22(20)21)36-18-7-8-30-23-13(18)3-6-19(34)32-23/h1-2,4-5,7-10,20-22H,3,6H2,(H,30,32,34)(H2,31,33,35)/t20-,21-,22-/m0/s1. The molecule has 8 nitrogen and oxygen atoms in total. The lowest BCUT2D eigenvalue weighted by molar-refractivity contribution is -0.140. The lowest BCUT2D eigenvalue weighted by Crippen LogP contribution is -2.34. The van der Waals surface area contributed by atoms with Gasteiger partial charge in [-0.3, -0.25) is 4.79 Å². The molecule has 0 bridgehead atoms. The maximum absolute atomic E-state index is 13.8. The van der Waals surface area contributed by atoms with Crippen LogP contribution >= 0.6 is 0 Å². The second-order valence-electron chi connectivity index (χ2n) is 8.91. The van der Waals surface area contributed by atoms with E-state index in [9.17, 15) is 27.2 Å². The van der Waals surface area contributed by atoms with Crippen LogP contribution in [0.3, 0.4) is 0 Å². The van der Waals surface area contributed by atoms with Crippen molar-refractivity contribution in [3.8, 4) is 17.2 Å². The van der Waals surface area contributed by atoms with Crippen molar-refractivity contribution in [1.82, 2.24) is 10.3 Å². The zero-order valence-corrected chi connectivity index (χ0v) is 18.9. The minimum atomic E-state index is -4.82. The Kier molecular flexibility index (Phi) is 5.21. The highest BCUT2D eigenvalue weighted by Gasteiger charge is 2.59. The second-order valence-corrected chi connectivity index (χ2v) is 8.91. The van der Waals surface area contributed by atoms with Crippen molar-refractivity contribution < 1.29 is 36.6 Å². The van der Waals surface area contributed by atoms with Crippen LogP contribution in [0.25, 0.3) is 0 Å². The molecule has 1 saturated carbocycles. The number of pyridine rings is 1. The Morgan fingerprint density at radius 3 is 2.76 bits per heavy atom. The van der Waals surface area contributed by atoms with Crippen LogP contribution in [0, 0.1) is 5.82 Å². The van der Waals surface area contributed by atoms with E-state index in [1.807, 2.05) is 6.07 Å². The number of urea groups is 1. The first kappa shape index (κ1) is 23.1. The van der Waals surface area contributed by atoms with E-state index in [0.717, 1.165) is 17.2 Å². The van der Waals surface area contributed by atoms with Crippen LogP contribution in [0.15, 0.2) is 48.7 Å². The van der Waals surface area contributed by atoms with Crippen LogP contribution in [-0.4, -0.2) is 29.1 Å². The predicted octanol–water partition coefficient (Wildman–Crippen LogP) is 4.97. The summed E-state index contributed by atoms with van der Waals surface area (Å²) >= 11 is 0. The van der Waals surface area contributed by atoms with Gasteiger partial charge in [0.2, 0.25) is 5.91 Å². The number of hydrogen-bond acceptors (Lipinski definition) is 5. The quantitative estimate of drug-likeness (QED) is 0.427. The number of anilines is 2. The highest BCUT2D eigenvalue weighted by molar-refractivity contribution is 5.93. The van der Waals surface area contributed by atoms with Gasteiger partial charge in [-0.1, -0.05) is 0 Å². The Morgan fingerprint density at radius 2 is 1.97 bits per heavy atom. The summed E-state index contributed by atoms with van der Waals surface area (Å²) in [6, 6.07) is 8.18. The number of carbonyl (C=O) groups is 2. The molecular weight excluding hydrogens is 496 g/mol. The van der Waals surface area contributed by atoms with Crippen LogP contribution < -0.4 is 25.4 Å². The Balaban J connectivity index is 1.12. The van der Waals surface area contributed by atoms with Gasteiger partial charge >= 0.3 is 12.2 Å². The van der Waals surface area contributed by atoms with E-state index in [0.29, 0.717) is 48.0 Å². The highest BCUT2D eigenvalue weighted by atomic mass is 19.4. The van der Waals surface area contributed by atoms with Crippen molar-refractivity contribution in [2.75, 3.05) is 10.6 Å². The van der Waals surface area contributed by atoms with Gasteiger partial charge in [0, 0.05) is 29.4 Å². The normalized spacial score (nSPS) is 21.1. The number of benzene rings is 2. The van der Waals surface area contributed by atoms with Gasteiger partial charge in [0.1, 0.15) is 35.0 Å². The molecule has 2 aliphatic heterocycles. The van der Waals surface area contributed by atoms with E-state index in [-0.39, 0.29) is 29.7 Å². The molecule has 2 aromatic carbocycles. The van der Waals surface area contributed by atoms with Gasteiger partial charge in [-0.2, -0.15) is 13.2 Å². The third-order valence-electron chi connectivity index (χ3n) is 6.49. The van der Waals surface area contributed by atoms with Gasteiger partial charge in [-0.25, -0.2) is 14.2 Å². The summed E-state index contributed by atoms with van der Waals surface area (Å²) in [6.07, 6.45) is -2.73. The molecule has 12 heteroatoms. The molecule has 3 heterocycles. The maximum Gasteiger partial charge on any atom is 0.419 e. The molecular formula is C25H18F4N4O4. The molecule has 37 heavy (non-hydrogen) atoms. The second kappa shape index (κ2) is 8.36. The maximum atomic E-state index is 13.8. The van der Waals surface area contributed by atoms with Crippen LogP contribution in [0.1, 0.15) is 29.0 Å². The summed E-state index contributed by atoms with van der Waals surface area (Å²) < 4.78 is 64.0. The first-order valence-corrected chi connectivity index (χ1v) is 11.4. The lowest BCUT2D eigenvalue weighted by atomic mass is 10.1. The van der Waals surface area contributed by atoms with Crippen molar-refractivity contribution in [3.05, 3.63) is 71.2 Å². The molecule has 0 unspecified atom stereocenters. The van der Waals surface area contributed by atoms with E-state index in [4.69, 9.17) is 9.47 Å². The van der Waals surface area contributed by atoms with Crippen molar-refractivity contribution >= 4 is 23.4 Å². The Hall–Kier alpha value is -4.35. The largest absolute Gasteiger partial charge is 0.487 e. The minimum Gasteiger partial charge on any atom is -0.487 e. The molecule has 3 amide bonds. The average Bonchev–Trinajstić information content (AvgIpc) is 3.34. The Labute approximate surface area is 207 Å². The first-order chi connectivity index (χ1) is 17.7. The Morgan fingerprint density at radius 1 is 1.14 bits per heavy atom. The summed E-state index contributed by atoms with van der Waals surface area (Å²) in [5, 5.41) is 7.79. The zero-order valence-electron chi connectivity index (χ0n) is 18.9. The molecule has 0 spiro atoms. The van der Waals surface area contributed by atoms with E-state index in [2.05, 4.69) is 20.9 Å². The average molecular weight is 514 g/mol. The number of aromatic nitrogens is 1. The van der Waals surface area contributed by atoms with Crippen LogP contribution in [0.4, 0.5) is 33.9 Å². The van der Waals surface area contributed by atoms with E-state index >= 15 is 0 Å². The van der Waals surface area contributed by atoms with Crippen LogP contribution in [0.5, 0.6) is 17.2 Å². The number of fused-ring (bicyclic) bond motifs is 4. The Bertz CT molecular complexity index is 1440. The molecule has 1 aromatic heterocycles. The zero-order chi connectivity index (χ0) is 25.9. The number of amides is 3. The molecule has 0 saturated heterocycles. The molecule has 3 N–H and O–H groups in total. The molecule has 1 fully saturated rings. The third kappa shape index (κ3) is 4.28. The molecule has 0 radical (unpaired) electrons. The van der Waals surface area contributed by atoms with Crippen molar-refractivity contribution in [2.24, 2.45) is 0 Å². The van der Waals surface area contributed by atoms with Gasteiger partial charge in [0.05, 0.1) is 17.5 Å². The third-order valence-corrected chi connectivity index (χ3v) is 6.49. The fraction of sp³-hybridized carbons (Fsp3) is 0.240. The molecule has 1 aliphatic carbocycles. The summed E-state index contributed by atoms with van der Waals surface area (Å²) in [5.41, 5.74) is 0.126. The molecule has 3 aliphatic rings. The van der Waals surface area contributed by atoms with Crippen LogP contribution in [0.2, 0.25) is 0 Å². The number of ether oxygens (including phenoxy) is 2. The summed E-state index contributed by atoms with van der Waals surface area (Å²) in [6.45, 7) is 0. The molecule has 3 aromatic rings. The molecule has 6 rings (SSSR count). The van der Waals surface area contributed by atoms with Gasteiger partial charge < -0.3 is 25.4 Å². The van der Waals surface area contributed by atoms with Crippen molar-refractivity contribution in [3.63, 3.8) is 0 Å². The van der Waals surface area contributed by atoms with Gasteiger partial charge in [0.15, 0.2) is 0 Å². The first-order valence-electron chi connectivity index (χ1n) is 11.4. The molecule has 190 valence electrons. The number of alkyl halides is 3. The topological polar surface area (TPSA) is 102 Å². The summed E-state index contributed by atoms with van der Waals surface area (Å²) in [7, 11) is 0. The van der Waals surface area contributed by atoms with E-state index in [1.54, 1.807) is 24.4 Å². The smallest absolute Gasteiger partial charge is 0.419 e.